The number of para-hydroxylation sites is 1. The molecule has 0 spiro atoms. The molecule has 1 saturated heterocycles. The maximum Gasteiger partial charge on any atom is 0.252 e. The first-order valence-corrected chi connectivity index (χ1v) is 9.38. The smallest absolute Gasteiger partial charge is 0.252 e. The van der Waals surface area contributed by atoms with Crippen LogP contribution in [0.2, 0.25) is 0 Å². The van der Waals surface area contributed by atoms with Gasteiger partial charge in [-0.3, -0.25) is 9.59 Å². The Morgan fingerprint density at radius 1 is 1.27 bits per heavy atom. The van der Waals surface area contributed by atoms with Crippen LogP contribution in [0.4, 0.5) is 0 Å². The molecule has 2 aromatic rings. The second-order valence-corrected chi connectivity index (χ2v) is 7.83. The van der Waals surface area contributed by atoms with Crippen LogP contribution in [0.5, 0.6) is 5.75 Å². The highest BCUT2D eigenvalue weighted by atomic mass is 79.9. The number of nitrogens with zero attached hydrogens (tertiary/aromatic N) is 1. The molecule has 1 fully saturated rings. The molecule has 1 N–H and O–H groups in total. The summed E-state index contributed by atoms with van der Waals surface area (Å²) < 4.78 is 6.55. The van der Waals surface area contributed by atoms with Crippen LogP contribution in [-0.4, -0.2) is 35.4 Å². The van der Waals surface area contributed by atoms with Gasteiger partial charge in [-0.15, -0.1) is 0 Å². The van der Waals surface area contributed by atoms with Crippen LogP contribution in [-0.2, 0) is 4.79 Å². The Morgan fingerprint density at radius 3 is 2.88 bits per heavy atom. The number of nitrogens with one attached hydrogen (secondary N) is 1. The molecule has 2 aliphatic rings. The minimum atomic E-state index is -0.906. The van der Waals surface area contributed by atoms with Gasteiger partial charge >= 0.3 is 0 Å². The molecule has 2 unspecified atom stereocenters. The molecule has 26 heavy (non-hydrogen) atoms. The van der Waals surface area contributed by atoms with Crippen LogP contribution in [0.3, 0.4) is 0 Å². The maximum absolute atomic E-state index is 13.1. The van der Waals surface area contributed by atoms with Crippen molar-refractivity contribution in [3.8, 4) is 5.75 Å². The molecule has 2 aliphatic heterocycles. The molecular weight excluding hydrogens is 396 g/mol. The van der Waals surface area contributed by atoms with E-state index in [-0.39, 0.29) is 17.9 Å². The third kappa shape index (κ3) is 2.88. The number of hydrogen-bond acceptors (Lipinski definition) is 3. The molecule has 4 rings (SSSR count). The fourth-order valence-electron chi connectivity index (χ4n) is 3.64. The van der Waals surface area contributed by atoms with Crippen LogP contribution in [0.25, 0.3) is 0 Å². The van der Waals surface area contributed by atoms with Crippen molar-refractivity contribution < 1.29 is 14.3 Å². The van der Waals surface area contributed by atoms with Gasteiger partial charge in [0.1, 0.15) is 17.9 Å². The van der Waals surface area contributed by atoms with Gasteiger partial charge in [0.25, 0.3) is 5.91 Å². The maximum atomic E-state index is 13.1. The summed E-state index contributed by atoms with van der Waals surface area (Å²) in [5, 5.41) is 2.93. The van der Waals surface area contributed by atoms with Crippen LogP contribution >= 0.6 is 15.9 Å². The highest BCUT2D eigenvalue weighted by molar-refractivity contribution is 9.10. The van der Waals surface area contributed by atoms with Gasteiger partial charge in [-0.05, 0) is 37.6 Å². The SMILES string of the molecule is CC1(NC(=O)c2cccc(Br)c2)CCN(C2COc3ccccc32)C1=O. The highest BCUT2D eigenvalue weighted by Gasteiger charge is 2.48. The van der Waals surface area contributed by atoms with E-state index in [0.29, 0.717) is 25.1 Å². The molecule has 2 aromatic carbocycles. The Balaban J connectivity index is 1.52. The lowest BCUT2D eigenvalue weighted by Crippen LogP contribution is -2.52. The van der Waals surface area contributed by atoms with E-state index < -0.39 is 5.54 Å². The average molecular weight is 415 g/mol. The van der Waals surface area contributed by atoms with Gasteiger partial charge in [0, 0.05) is 22.1 Å². The van der Waals surface area contributed by atoms with Crippen molar-refractivity contribution in [3.05, 3.63) is 64.1 Å². The van der Waals surface area contributed by atoms with Gasteiger partial charge < -0.3 is 15.0 Å². The molecule has 6 heteroatoms. The van der Waals surface area contributed by atoms with E-state index in [1.54, 1.807) is 25.1 Å². The van der Waals surface area contributed by atoms with Crippen LogP contribution in [0.15, 0.2) is 53.0 Å². The molecule has 2 atom stereocenters. The van der Waals surface area contributed by atoms with Crippen LogP contribution in [0, 0.1) is 0 Å². The van der Waals surface area contributed by atoms with E-state index in [4.69, 9.17) is 4.74 Å². The highest BCUT2D eigenvalue weighted by Crippen LogP contribution is 2.39. The molecule has 0 saturated carbocycles. The fourth-order valence-corrected chi connectivity index (χ4v) is 4.04. The van der Waals surface area contributed by atoms with E-state index in [1.807, 2.05) is 35.2 Å². The number of ether oxygens (including phenoxy) is 1. The summed E-state index contributed by atoms with van der Waals surface area (Å²) in [5.74, 6) is 0.523. The summed E-state index contributed by atoms with van der Waals surface area (Å²) in [6.45, 7) is 2.85. The standard InChI is InChI=1S/C20H19BrN2O3/c1-20(22-18(24)13-5-4-6-14(21)11-13)9-10-23(19(20)25)16-12-26-17-8-3-2-7-15(16)17/h2-8,11,16H,9-10,12H2,1H3,(H,22,24). The van der Waals surface area contributed by atoms with Crippen molar-refractivity contribution >= 4 is 27.7 Å². The summed E-state index contributed by atoms with van der Waals surface area (Å²) >= 11 is 3.37. The normalized spacial score (nSPS) is 24.3. The molecule has 5 nitrogen and oxygen atoms in total. The Morgan fingerprint density at radius 2 is 2.08 bits per heavy atom. The molecule has 0 bridgehead atoms. The number of carbonyl (C=O) groups excluding carboxylic acids is 2. The predicted octanol–water partition coefficient (Wildman–Crippen LogP) is 3.30. The number of halogens is 1. The minimum absolute atomic E-state index is 0.0638. The molecule has 2 heterocycles. The van der Waals surface area contributed by atoms with Gasteiger partial charge in [-0.1, -0.05) is 40.2 Å². The first kappa shape index (κ1) is 17.1. The van der Waals surface area contributed by atoms with E-state index in [1.165, 1.54) is 0 Å². The van der Waals surface area contributed by atoms with E-state index >= 15 is 0 Å². The Hall–Kier alpha value is -2.34. The zero-order chi connectivity index (χ0) is 18.3. The number of benzene rings is 2. The zero-order valence-electron chi connectivity index (χ0n) is 14.4. The number of fused-ring (bicyclic) bond motifs is 1. The van der Waals surface area contributed by atoms with Crippen molar-refractivity contribution in [3.63, 3.8) is 0 Å². The van der Waals surface area contributed by atoms with E-state index in [0.717, 1.165) is 15.8 Å². The third-order valence-electron chi connectivity index (χ3n) is 5.11. The molecule has 0 aromatic heterocycles. The molecular formula is C20H19BrN2O3. The Kier molecular flexibility index (Phi) is 4.23. The van der Waals surface area contributed by atoms with Crippen molar-refractivity contribution in [1.29, 1.82) is 0 Å². The second kappa shape index (κ2) is 6.43. The zero-order valence-corrected chi connectivity index (χ0v) is 16.0. The quantitative estimate of drug-likeness (QED) is 0.837. The third-order valence-corrected chi connectivity index (χ3v) is 5.61. The lowest BCUT2D eigenvalue weighted by molar-refractivity contribution is -0.134. The number of hydrogen-bond donors (Lipinski definition) is 1. The summed E-state index contributed by atoms with van der Waals surface area (Å²) in [6, 6.07) is 14.8. The van der Waals surface area contributed by atoms with Gasteiger partial charge in [0.05, 0.1) is 6.04 Å². The number of likely N-dealkylation sites (tertiary alicyclic amines) is 1. The van der Waals surface area contributed by atoms with Crippen molar-refractivity contribution in [2.75, 3.05) is 13.2 Å². The fraction of sp³-hybridized carbons (Fsp3) is 0.300. The Labute approximate surface area is 160 Å². The lowest BCUT2D eigenvalue weighted by Gasteiger charge is -2.27. The molecule has 2 amide bonds. The largest absolute Gasteiger partial charge is 0.491 e. The summed E-state index contributed by atoms with van der Waals surface area (Å²) in [6.07, 6.45) is 0.574. The van der Waals surface area contributed by atoms with Gasteiger partial charge in [-0.2, -0.15) is 0 Å². The predicted molar refractivity (Wildman–Crippen MR) is 101 cm³/mol. The monoisotopic (exact) mass is 414 g/mol. The van der Waals surface area contributed by atoms with Gasteiger partial charge in [0.2, 0.25) is 5.91 Å². The van der Waals surface area contributed by atoms with Gasteiger partial charge in [0.15, 0.2) is 0 Å². The number of rotatable bonds is 3. The topological polar surface area (TPSA) is 58.6 Å². The molecule has 134 valence electrons. The minimum Gasteiger partial charge on any atom is -0.491 e. The molecule has 0 aliphatic carbocycles. The second-order valence-electron chi connectivity index (χ2n) is 6.91. The first-order valence-electron chi connectivity index (χ1n) is 8.59. The van der Waals surface area contributed by atoms with Gasteiger partial charge in [-0.25, -0.2) is 0 Å². The van der Waals surface area contributed by atoms with E-state index in [9.17, 15) is 9.59 Å². The Bertz CT molecular complexity index is 885. The summed E-state index contributed by atoms with van der Waals surface area (Å²) in [5.41, 5.74) is 0.654. The summed E-state index contributed by atoms with van der Waals surface area (Å²) in [4.78, 5) is 27.5. The van der Waals surface area contributed by atoms with Crippen LogP contribution in [0.1, 0.15) is 35.3 Å². The summed E-state index contributed by atoms with van der Waals surface area (Å²) in [7, 11) is 0. The number of carbonyl (C=O) groups is 2. The van der Waals surface area contributed by atoms with Crippen LogP contribution < -0.4 is 10.1 Å². The van der Waals surface area contributed by atoms with Crippen molar-refractivity contribution in [2.45, 2.75) is 24.9 Å². The van der Waals surface area contributed by atoms with Crippen molar-refractivity contribution in [1.82, 2.24) is 10.2 Å². The lowest BCUT2D eigenvalue weighted by atomic mass is 9.99. The number of amides is 2. The first-order chi connectivity index (χ1) is 12.5. The average Bonchev–Trinajstić information content (AvgIpc) is 3.17. The van der Waals surface area contributed by atoms with Crippen molar-refractivity contribution in [2.24, 2.45) is 0 Å². The van der Waals surface area contributed by atoms with E-state index in [2.05, 4.69) is 21.2 Å². The molecule has 0 radical (unpaired) electrons.